The second-order valence-corrected chi connectivity index (χ2v) is 5.94. The number of hydrogen-bond donors (Lipinski definition) is 1. The van der Waals surface area contributed by atoms with E-state index < -0.39 is 0 Å². The Labute approximate surface area is 138 Å². The van der Waals surface area contributed by atoms with E-state index in [4.69, 9.17) is 0 Å². The van der Waals surface area contributed by atoms with Crippen LogP contribution in [-0.4, -0.2) is 24.0 Å². The van der Waals surface area contributed by atoms with Gasteiger partial charge in [-0.1, -0.05) is 41.6 Å². The fraction of sp³-hybridized carbons (Fsp3) is 0.250. The maximum atomic E-state index is 9.33. The van der Waals surface area contributed by atoms with Crippen molar-refractivity contribution < 1.29 is 5.21 Å². The first-order chi connectivity index (χ1) is 11.3. The predicted octanol–water partition coefficient (Wildman–Crippen LogP) is 4.29. The molecule has 1 aliphatic rings. The standard InChI is InChI=1S/C20H22N2O/c1-16-4-6-17(7-5-16)8-13-20(21-23)18-9-11-19(12-10-18)22-14-2-3-15-22/h4-12,23H,1-3,13-15H2. The lowest BCUT2D eigenvalue weighted by Gasteiger charge is -2.17. The van der Waals surface area contributed by atoms with E-state index >= 15 is 0 Å². The first-order valence-corrected chi connectivity index (χ1v) is 8.08. The van der Waals surface area contributed by atoms with Crippen LogP contribution in [0.25, 0.3) is 0 Å². The molecule has 0 aromatic heterocycles. The van der Waals surface area contributed by atoms with Crippen LogP contribution < -0.4 is 4.90 Å². The van der Waals surface area contributed by atoms with Gasteiger partial charge in [0, 0.05) is 25.2 Å². The third-order valence-electron chi connectivity index (χ3n) is 4.30. The Hall–Kier alpha value is -2.29. The lowest BCUT2D eigenvalue weighted by Crippen LogP contribution is -2.17. The van der Waals surface area contributed by atoms with Gasteiger partial charge in [0.1, 0.15) is 0 Å². The zero-order chi connectivity index (χ0) is 16.1. The number of oxime groups is 1. The van der Waals surface area contributed by atoms with Crippen molar-refractivity contribution in [1.82, 2.24) is 0 Å². The molecular formula is C20H22N2O. The minimum atomic E-state index is 0.593. The number of hydrogen-bond acceptors (Lipinski definition) is 3. The molecule has 0 amide bonds. The van der Waals surface area contributed by atoms with E-state index in [9.17, 15) is 5.21 Å². The fourth-order valence-electron chi connectivity index (χ4n) is 2.92. The van der Waals surface area contributed by atoms with Gasteiger partial charge in [0.15, 0.2) is 0 Å². The molecule has 23 heavy (non-hydrogen) atoms. The van der Waals surface area contributed by atoms with Crippen molar-refractivity contribution in [3.8, 4) is 0 Å². The van der Waals surface area contributed by atoms with Crippen molar-refractivity contribution in [2.75, 3.05) is 18.0 Å². The highest BCUT2D eigenvalue weighted by Gasteiger charge is 2.13. The van der Waals surface area contributed by atoms with Crippen LogP contribution >= 0.6 is 0 Å². The van der Waals surface area contributed by atoms with Gasteiger partial charge >= 0.3 is 0 Å². The molecule has 1 heterocycles. The molecule has 0 spiro atoms. The van der Waals surface area contributed by atoms with Gasteiger partial charge in [-0.15, -0.1) is 0 Å². The summed E-state index contributed by atoms with van der Waals surface area (Å²) in [7, 11) is 0. The van der Waals surface area contributed by atoms with Gasteiger partial charge in [0.05, 0.1) is 5.71 Å². The first-order valence-electron chi connectivity index (χ1n) is 8.08. The smallest absolute Gasteiger partial charge is 0.0874 e. The number of rotatable bonds is 5. The summed E-state index contributed by atoms with van der Waals surface area (Å²) in [4.78, 5) is 2.39. The molecule has 1 saturated heterocycles. The van der Waals surface area contributed by atoms with E-state index in [1.54, 1.807) is 0 Å². The van der Waals surface area contributed by atoms with Crippen LogP contribution in [0.3, 0.4) is 0 Å². The Morgan fingerprint density at radius 1 is 1.04 bits per heavy atom. The lowest BCUT2D eigenvalue weighted by molar-refractivity contribution is 0.318. The Bertz CT molecular complexity index is 653. The van der Waals surface area contributed by atoms with Crippen LogP contribution in [0, 0.1) is 13.3 Å². The van der Waals surface area contributed by atoms with Crippen molar-refractivity contribution in [3.63, 3.8) is 0 Å². The van der Waals surface area contributed by atoms with Gasteiger partial charge in [-0.3, -0.25) is 0 Å². The second kappa shape index (κ2) is 7.32. The molecule has 0 unspecified atom stereocenters. The SMILES string of the molecule is [CH2]c1ccc([CH]CC(=NO)c2ccc(N3CCCC3)cc2)cc1. The molecule has 118 valence electrons. The first kappa shape index (κ1) is 15.6. The summed E-state index contributed by atoms with van der Waals surface area (Å²) in [6.45, 7) is 6.15. The Kier molecular flexibility index (Phi) is 4.96. The van der Waals surface area contributed by atoms with Gasteiger partial charge in [0.2, 0.25) is 0 Å². The molecule has 2 radical (unpaired) electrons. The highest BCUT2D eigenvalue weighted by Crippen LogP contribution is 2.21. The third-order valence-corrected chi connectivity index (χ3v) is 4.30. The Morgan fingerprint density at radius 2 is 1.70 bits per heavy atom. The average Bonchev–Trinajstić information content (AvgIpc) is 3.12. The van der Waals surface area contributed by atoms with Crippen molar-refractivity contribution in [2.24, 2.45) is 5.16 Å². The number of anilines is 1. The topological polar surface area (TPSA) is 35.8 Å². The van der Waals surface area contributed by atoms with E-state index in [1.807, 2.05) is 36.4 Å². The van der Waals surface area contributed by atoms with Gasteiger partial charge in [0.25, 0.3) is 0 Å². The molecule has 2 aromatic rings. The average molecular weight is 306 g/mol. The van der Waals surface area contributed by atoms with Crippen LogP contribution in [-0.2, 0) is 0 Å². The van der Waals surface area contributed by atoms with Crippen LogP contribution in [0.5, 0.6) is 0 Å². The van der Waals surface area contributed by atoms with Crippen molar-refractivity contribution >= 4 is 11.4 Å². The highest BCUT2D eigenvalue weighted by molar-refractivity contribution is 6.01. The van der Waals surface area contributed by atoms with Crippen molar-refractivity contribution in [3.05, 3.63) is 78.6 Å². The Morgan fingerprint density at radius 3 is 2.30 bits per heavy atom. The molecule has 0 atom stereocenters. The van der Waals surface area contributed by atoms with Crippen molar-refractivity contribution in [1.29, 1.82) is 0 Å². The minimum Gasteiger partial charge on any atom is -0.411 e. The summed E-state index contributed by atoms with van der Waals surface area (Å²) in [5, 5.41) is 12.8. The van der Waals surface area contributed by atoms with Crippen LogP contribution in [0.1, 0.15) is 36.0 Å². The fourth-order valence-corrected chi connectivity index (χ4v) is 2.92. The van der Waals surface area contributed by atoms with Gasteiger partial charge in [-0.2, -0.15) is 0 Å². The van der Waals surface area contributed by atoms with Crippen LogP contribution in [0.2, 0.25) is 0 Å². The monoisotopic (exact) mass is 306 g/mol. The lowest BCUT2D eigenvalue weighted by atomic mass is 10.0. The van der Waals surface area contributed by atoms with E-state index in [2.05, 4.69) is 35.5 Å². The summed E-state index contributed by atoms with van der Waals surface area (Å²) in [5.41, 5.74) is 4.98. The van der Waals surface area contributed by atoms with Crippen LogP contribution in [0.15, 0.2) is 53.7 Å². The minimum absolute atomic E-state index is 0.593. The molecular weight excluding hydrogens is 284 g/mol. The largest absolute Gasteiger partial charge is 0.411 e. The zero-order valence-electron chi connectivity index (χ0n) is 13.3. The molecule has 1 aliphatic heterocycles. The Balaban J connectivity index is 1.64. The molecule has 1 fully saturated rings. The van der Waals surface area contributed by atoms with E-state index in [0.717, 1.165) is 29.8 Å². The van der Waals surface area contributed by atoms with E-state index in [1.165, 1.54) is 18.5 Å². The summed E-state index contributed by atoms with van der Waals surface area (Å²) in [6.07, 6.45) is 5.19. The number of nitrogens with zero attached hydrogens (tertiary/aromatic N) is 2. The maximum Gasteiger partial charge on any atom is 0.0874 e. The highest BCUT2D eigenvalue weighted by atomic mass is 16.4. The quantitative estimate of drug-likeness (QED) is 0.508. The van der Waals surface area contributed by atoms with Gasteiger partial charge in [-0.25, -0.2) is 0 Å². The molecule has 3 nitrogen and oxygen atoms in total. The summed E-state index contributed by atoms with van der Waals surface area (Å²) >= 11 is 0. The summed E-state index contributed by atoms with van der Waals surface area (Å²) < 4.78 is 0. The molecule has 0 bridgehead atoms. The second-order valence-electron chi connectivity index (χ2n) is 5.94. The molecule has 1 N–H and O–H groups in total. The van der Waals surface area contributed by atoms with Crippen molar-refractivity contribution in [2.45, 2.75) is 19.3 Å². The zero-order valence-corrected chi connectivity index (χ0v) is 13.3. The van der Waals surface area contributed by atoms with E-state index in [0.29, 0.717) is 12.1 Å². The third kappa shape index (κ3) is 3.92. The number of benzene rings is 2. The predicted molar refractivity (Wildman–Crippen MR) is 95.1 cm³/mol. The van der Waals surface area contributed by atoms with Gasteiger partial charge < -0.3 is 10.1 Å². The summed E-state index contributed by atoms with van der Waals surface area (Å²) in [5.74, 6) is 0. The van der Waals surface area contributed by atoms with E-state index in [-0.39, 0.29) is 0 Å². The molecule has 2 aromatic carbocycles. The van der Waals surface area contributed by atoms with Gasteiger partial charge in [-0.05, 0) is 55.0 Å². The molecule has 3 heteroatoms. The molecule has 0 saturated carbocycles. The molecule has 0 aliphatic carbocycles. The molecule has 3 rings (SSSR count). The van der Waals surface area contributed by atoms with Crippen LogP contribution in [0.4, 0.5) is 5.69 Å². The summed E-state index contributed by atoms with van der Waals surface area (Å²) in [6, 6.07) is 16.3. The normalized spacial score (nSPS) is 15.2. The maximum absolute atomic E-state index is 9.33.